The fourth-order valence-electron chi connectivity index (χ4n) is 3.89. The molecule has 5 heteroatoms. The molecule has 1 atom stereocenters. The molecule has 2 aliphatic heterocycles. The SMILES string of the molecule is COCCC1CN(C2=Nc3ccccc3Nc3ccc(C)cc32)CCN1C. The van der Waals surface area contributed by atoms with Crippen molar-refractivity contribution in [1.82, 2.24) is 9.80 Å². The number of para-hydroxylation sites is 2. The van der Waals surface area contributed by atoms with Gasteiger partial charge in [-0.25, -0.2) is 4.99 Å². The summed E-state index contributed by atoms with van der Waals surface area (Å²) in [5.74, 6) is 1.07. The van der Waals surface area contributed by atoms with Crippen molar-refractivity contribution in [2.24, 2.45) is 4.99 Å². The lowest BCUT2D eigenvalue weighted by atomic mass is 10.0. The highest BCUT2D eigenvalue weighted by molar-refractivity contribution is 6.07. The lowest BCUT2D eigenvalue weighted by molar-refractivity contribution is 0.100. The molecule has 0 bridgehead atoms. The van der Waals surface area contributed by atoms with Gasteiger partial charge in [0.1, 0.15) is 5.84 Å². The second-order valence-electron chi connectivity index (χ2n) is 7.49. The molecule has 0 radical (unpaired) electrons. The molecular weight excluding hydrogens is 336 g/mol. The van der Waals surface area contributed by atoms with Gasteiger partial charge in [-0.15, -0.1) is 0 Å². The average molecular weight is 364 g/mol. The fourth-order valence-corrected chi connectivity index (χ4v) is 3.89. The number of fused-ring (bicyclic) bond motifs is 2. The van der Waals surface area contributed by atoms with Crippen LogP contribution in [0.4, 0.5) is 17.1 Å². The van der Waals surface area contributed by atoms with Crippen LogP contribution in [0.2, 0.25) is 0 Å². The lowest BCUT2D eigenvalue weighted by Gasteiger charge is -2.41. The van der Waals surface area contributed by atoms with Gasteiger partial charge in [-0.05, 0) is 44.7 Å². The third-order valence-corrected chi connectivity index (χ3v) is 5.55. The minimum absolute atomic E-state index is 0.473. The summed E-state index contributed by atoms with van der Waals surface area (Å²) >= 11 is 0. The summed E-state index contributed by atoms with van der Waals surface area (Å²) in [6.07, 6.45) is 1.03. The Kier molecular flexibility index (Phi) is 5.14. The molecule has 2 aromatic carbocycles. The molecule has 2 heterocycles. The molecule has 0 saturated carbocycles. The first-order valence-corrected chi connectivity index (χ1v) is 9.65. The van der Waals surface area contributed by atoms with Gasteiger partial charge in [-0.2, -0.15) is 0 Å². The van der Waals surface area contributed by atoms with Gasteiger partial charge in [0.25, 0.3) is 0 Å². The van der Waals surface area contributed by atoms with E-state index in [2.05, 4.69) is 65.5 Å². The molecule has 0 aromatic heterocycles. The fraction of sp³-hybridized carbons (Fsp3) is 0.409. The number of hydrogen-bond donors (Lipinski definition) is 1. The Labute approximate surface area is 161 Å². The minimum Gasteiger partial charge on any atom is -0.385 e. The Hall–Kier alpha value is -2.37. The zero-order valence-corrected chi connectivity index (χ0v) is 16.4. The van der Waals surface area contributed by atoms with Crippen LogP contribution in [-0.2, 0) is 4.74 Å². The van der Waals surface area contributed by atoms with E-state index in [-0.39, 0.29) is 0 Å². The van der Waals surface area contributed by atoms with E-state index >= 15 is 0 Å². The Morgan fingerprint density at radius 2 is 2.00 bits per heavy atom. The number of benzene rings is 2. The number of likely N-dealkylation sites (N-methyl/N-ethyl adjacent to an activating group) is 1. The molecule has 0 aliphatic carbocycles. The standard InChI is InChI=1S/C22H28N4O/c1-16-8-9-19-18(14-16)22(24-21-7-5-4-6-20(21)23-19)26-12-11-25(2)17(15-26)10-13-27-3/h4-9,14,17,23H,10-13,15H2,1-3H3. The van der Waals surface area contributed by atoms with E-state index in [0.29, 0.717) is 6.04 Å². The highest BCUT2D eigenvalue weighted by atomic mass is 16.5. The molecule has 1 fully saturated rings. The van der Waals surface area contributed by atoms with Crippen molar-refractivity contribution in [1.29, 1.82) is 0 Å². The summed E-state index contributed by atoms with van der Waals surface area (Å²) in [5.41, 5.74) is 5.61. The van der Waals surface area contributed by atoms with E-state index in [1.54, 1.807) is 7.11 Å². The van der Waals surface area contributed by atoms with Crippen LogP contribution in [-0.4, -0.2) is 62.1 Å². The number of nitrogens with zero attached hydrogens (tertiary/aromatic N) is 3. The first-order valence-electron chi connectivity index (χ1n) is 9.65. The topological polar surface area (TPSA) is 40.1 Å². The molecule has 2 aromatic rings. The highest BCUT2D eigenvalue weighted by Crippen LogP contribution is 2.35. The number of ether oxygens (including phenoxy) is 1. The molecule has 142 valence electrons. The maximum atomic E-state index is 5.33. The van der Waals surface area contributed by atoms with E-state index in [9.17, 15) is 0 Å². The van der Waals surface area contributed by atoms with Gasteiger partial charge in [-0.1, -0.05) is 23.8 Å². The number of rotatable bonds is 3. The molecule has 1 unspecified atom stereocenters. The van der Waals surface area contributed by atoms with Crippen molar-refractivity contribution < 1.29 is 4.74 Å². The number of piperazine rings is 1. The zero-order chi connectivity index (χ0) is 18.8. The third-order valence-electron chi connectivity index (χ3n) is 5.55. The number of amidine groups is 1. The third kappa shape index (κ3) is 3.70. The monoisotopic (exact) mass is 364 g/mol. The Morgan fingerprint density at radius 3 is 2.85 bits per heavy atom. The van der Waals surface area contributed by atoms with E-state index in [4.69, 9.17) is 9.73 Å². The van der Waals surface area contributed by atoms with Gasteiger partial charge in [0.2, 0.25) is 0 Å². The first kappa shape index (κ1) is 18.0. The molecule has 27 heavy (non-hydrogen) atoms. The van der Waals surface area contributed by atoms with E-state index in [0.717, 1.165) is 55.6 Å². The van der Waals surface area contributed by atoms with Crippen molar-refractivity contribution >= 4 is 22.9 Å². The predicted molar refractivity (Wildman–Crippen MR) is 112 cm³/mol. The lowest BCUT2D eigenvalue weighted by Crippen LogP contribution is -2.53. The molecule has 1 N–H and O–H groups in total. The van der Waals surface area contributed by atoms with Crippen molar-refractivity contribution in [3.63, 3.8) is 0 Å². The highest BCUT2D eigenvalue weighted by Gasteiger charge is 2.29. The second kappa shape index (κ2) is 7.71. The number of anilines is 2. The predicted octanol–water partition coefficient (Wildman–Crippen LogP) is 3.78. The molecule has 1 saturated heterocycles. The number of methoxy groups -OCH3 is 1. The Morgan fingerprint density at radius 1 is 1.15 bits per heavy atom. The summed E-state index contributed by atoms with van der Waals surface area (Å²) < 4.78 is 5.33. The summed E-state index contributed by atoms with van der Waals surface area (Å²) in [6.45, 7) is 5.91. The van der Waals surface area contributed by atoms with E-state index in [1.165, 1.54) is 11.1 Å². The average Bonchev–Trinajstić information content (AvgIpc) is 2.84. The maximum absolute atomic E-state index is 5.33. The maximum Gasteiger partial charge on any atom is 0.138 e. The smallest absolute Gasteiger partial charge is 0.138 e. The van der Waals surface area contributed by atoms with Crippen LogP contribution >= 0.6 is 0 Å². The summed E-state index contributed by atoms with van der Waals surface area (Å²) in [4.78, 5) is 10.0. The number of nitrogens with one attached hydrogen (secondary N) is 1. The van der Waals surface area contributed by atoms with Crippen LogP contribution in [0.15, 0.2) is 47.5 Å². The van der Waals surface area contributed by atoms with Gasteiger partial charge in [0.15, 0.2) is 0 Å². The van der Waals surface area contributed by atoms with Crippen molar-refractivity contribution in [3.05, 3.63) is 53.6 Å². The van der Waals surface area contributed by atoms with Crippen LogP contribution in [0.25, 0.3) is 0 Å². The Balaban J connectivity index is 1.73. The minimum atomic E-state index is 0.473. The Bertz CT molecular complexity index is 848. The van der Waals surface area contributed by atoms with Crippen LogP contribution in [0.1, 0.15) is 17.5 Å². The molecule has 2 aliphatic rings. The van der Waals surface area contributed by atoms with Crippen LogP contribution in [0, 0.1) is 6.92 Å². The molecule has 0 amide bonds. The molecular formula is C22H28N4O. The number of aliphatic imine (C=N–C) groups is 1. The second-order valence-corrected chi connectivity index (χ2v) is 7.49. The molecule has 5 nitrogen and oxygen atoms in total. The normalized spacial score (nSPS) is 19.6. The quantitative estimate of drug-likeness (QED) is 0.900. The van der Waals surface area contributed by atoms with Gasteiger partial charge < -0.3 is 15.0 Å². The van der Waals surface area contributed by atoms with Crippen LogP contribution < -0.4 is 5.32 Å². The van der Waals surface area contributed by atoms with Gasteiger partial charge in [0, 0.05) is 50.6 Å². The summed E-state index contributed by atoms with van der Waals surface area (Å²) in [5, 5.41) is 3.58. The van der Waals surface area contributed by atoms with Crippen molar-refractivity contribution in [2.45, 2.75) is 19.4 Å². The van der Waals surface area contributed by atoms with Crippen LogP contribution in [0.3, 0.4) is 0 Å². The van der Waals surface area contributed by atoms with Gasteiger partial charge in [-0.3, -0.25) is 4.90 Å². The molecule has 0 spiro atoms. The van der Waals surface area contributed by atoms with E-state index in [1.807, 2.05) is 6.07 Å². The molecule has 4 rings (SSSR count). The van der Waals surface area contributed by atoms with Crippen LogP contribution in [0.5, 0.6) is 0 Å². The largest absolute Gasteiger partial charge is 0.385 e. The first-order chi connectivity index (χ1) is 13.2. The van der Waals surface area contributed by atoms with Gasteiger partial charge in [0.05, 0.1) is 11.4 Å². The van der Waals surface area contributed by atoms with Crippen molar-refractivity contribution in [3.8, 4) is 0 Å². The number of hydrogen-bond acceptors (Lipinski definition) is 5. The zero-order valence-electron chi connectivity index (χ0n) is 16.4. The number of aryl methyl sites for hydroxylation is 1. The van der Waals surface area contributed by atoms with Crippen molar-refractivity contribution in [2.75, 3.05) is 45.7 Å². The van der Waals surface area contributed by atoms with Gasteiger partial charge >= 0.3 is 0 Å². The summed E-state index contributed by atoms with van der Waals surface area (Å²) in [6, 6.07) is 15.3. The van der Waals surface area contributed by atoms with E-state index < -0.39 is 0 Å². The summed E-state index contributed by atoms with van der Waals surface area (Å²) in [7, 11) is 3.99.